The molecule has 0 saturated heterocycles. The lowest BCUT2D eigenvalue weighted by atomic mass is 10.1. The second-order valence-electron chi connectivity index (χ2n) is 6.29. The number of amides is 2. The number of non-ortho nitro benzene ring substituents is 1. The van der Waals surface area contributed by atoms with Gasteiger partial charge in [0.15, 0.2) is 0 Å². The Labute approximate surface area is 168 Å². The van der Waals surface area contributed by atoms with Crippen molar-refractivity contribution in [2.24, 2.45) is 10.2 Å². The van der Waals surface area contributed by atoms with E-state index in [2.05, 4.69) is 10.2 Å². The molecule has 1 aliphatic heterocycles. The van der Waals surface area contributed by atoms with Gasteiger partial charge in [-0.2, -0.15) is 0 Å². The molecule has 3 aromatic rings. The number of anilines is 1. The van der Waals surface area contributed by atoms with E-state index in [4.69, 9.17) is 0 Å². The molecule has 4 rings (SSSR count). The highest BCUT2D eigenvalue weighted by Crippen LogP contribution is 2.37. The van der Waals surface area contributed by atoms with Crippen LogP contribution in [-0.2, 0) is 0 Å². The maximum absolute atomic E-state index is 12.6. The number of benzene rings is 3. The Balaban J connectivity index is 1.67. The molecular weight excluding hydrogens is 392 g/mol. The van der Waals surface area contributed by atoms with E-state index < -0.39 is 22.5 Å². The molecule has 0 fully saturated rings. The minimum atomic E-state index is -0.669. The number of hydrogen-bond donors (Lipinski definition) is 2. The van der Waals surface area contributed by atoms with Crippen molar-refractivity contribution in [3.8, 4) is 11.5 Å². The lowest BCUT2D eigenvalue weighted by molar-refractivity contribution is -0.384. The first-order valence-electron chi connectivity index (χ1n) is 8.57. The fourth-order valence-corrected chi connectivity index (χ4v) is 2.97. The standard InChI is InChI=1S/C20H12N4O6/c25-17-8-6-11(23-19(27)13-3-1-2-4-14(13)20(23)28)9-16(17)22-21-15-7-5-12(24(29)30)10-18(15)26/h1-10,25-26H. The van der Waals surface area contributed by atoms with E-state index in [1.54, 1.807) is 24.3 Å². The molecule has 2 amide bonds. The van der Waals surface area contributed by atoms with Crippen molar-refractivity contribution >= 4 is 34.6 Å². The third kappa shape index (κ3) is 3.11. The number of carbonyl (C=O) groups excluding carboxylic acids is 2. The van der Waals surface area contributed by atoms with Crippen LogP contribution in [0.5, 0.6) is 11.5 Å². The van der Waals surface area contributed by atoms with Crippen molar-refractivity contribution in [3.63, 3.8) is 0 Å². The van der Waals surface area contributed by atoms with Crippen LogP contribution in [0.3, 0.4) is 0 Å². The van der Waals surface area contributed by atoms with Gasteiger partial charge in [-0.3, -0.25) is 19.7 Å². The van der Waals surface area contributed by atoms with Crippen LogP contribution in [0.1, 0.15) is 20.7 Å². The Kier molecular flexibility index (Phi) is 4.43. The number of aromatic hydroxyl groups is 2. The monoisotopic (exact) mass is 404 g/mol. The van der Waals surface area contributed by atoms with Gasteiger partial charge < -0.3 is 10.2 Å². The predicted octanol–water partition coefficient (Wildman–Crippen LogP) is 4.22. The highest BCUT2D eigenvalue weighted by molar-refractivity contribution is 6.34. The Morgan fingerprint density at radius 1 is 0.800 bits per heavy atom. The molecule has 10 nitrogen and oxygen atoms in total. The fraction of sp³-hybridized carbons (Fsp3) is 0. The molecule has 0 bridgehead atoms. The molecule has 0 spiro atoms. The normalized spacial score (nSPS) is 13.1. The Morgan fingerprint density at radius 3 is 2.03 bits per heavy atom. The molecular formula is C20H12N4O6. The van der Waals surface area contributed by atoms with E-state index in [1.807, 2.05) is 0 Å². The summed E-state index contributed by atoms with van der Waals surface area (Å²) in [5, 5.41) is 38.3. The van der Waals surface area contributed by atoms with Gasteiger partial charge in [-0.15, -0.1) is 10.2 Å². The molecule has 1 aliphatic rings. The zero-order valence-corrected chi connectivity index (χ0v) is 15.1. The van der Waals surface area contributed by atoms with Crippen molar-refractivity contribution in [2.45, 2.75) is 0 Å². The van der Waals surface area contributed by atoms with Crippen molar-refractivity contribution in [2.75, 3.05) is 4.90 Å². The molecule has 0 unspecified atom stereocenters. The smallest absolute Gasteiger partial charge is 0.273 e. The number of hydrogen-bond acceptors (Lipinski definition) is 8. The van der Waals surface area contributed by atoms with Crippen LogP contribution in [0.25, 0.3) is 0 Å². The summed E-state index contributed by atoms with van der Waals surface area (Å²) in [5.74, 6) is -1.75. The molecule has 2 N–H and O–H groups in total. The average molecular weight is 404 g/mol. The summed E-state index contributed by atoms with van der Waals surface area (Å²) in [4.78, 5) is 36.3. The zero-order valence-electron chi connectivity index (χ0n) is 15.1. The van der Waals surface area contributed by atoms with Crippen LogP contribution in [0.2, 0.25) is 0 Å². The minimum Gasteiger partial charge on any atom is -0.506 e. The average Bonchev–Trinajstić information content (AvgIpc) is 2.99. The predicted molar refractivity (Wildman–Crippen MR) is 105 cm³/mol. The molecule has 0 aromatic heterocycles. The van der Waals surface area contributed by atoms with Gasteiger partial charge in [-0.05, 0) is 36.4 Å². The number of nitrogens with zero attached hydrogens (tertiary/aromatic N) is 4. The van der Waals surface area contributed by atoms with E-state index in [-0.39, 0.29) is 39.6 Å². The van der Waals surface area contributed by atoms with Crippen LogP contribution in [-0.4, -0.2) is 27.0 Å². The number of imide groups is 1. The number of nitro benzene ring substituents is 1. The highest BCUT2D eigenvalue weighted by Gasteiger charge is 2.36. The van der Waals surface area contributed by atoms with E-state index in [1.165, 1.54) is 24.3 Å². The van der Waals surface area contributed by atoms with E-state index in [9.17, 15) is 29.9 Å². The third-order valence-electron chi connectivity index (χ3n) is 4.45. The number of phenols is 2. The lowest BCUT2D eigenvalue weighted by Gasteiger charge is -2.14. The van der Waals surface area contributed by atoms with Gasteiger partial charge in [0, 0.05) is 6.07 Å². The van der Waals surface area contributed by atoms with E-state index in [0.717, 1.165) is 17.0 Å². The second-order valence-corrected chi connectivity index (χ2v) is 6.29. The maximum atomic E-state index is 12.6. The summed E-state index contributed by atoms with van der Waals surface area (Å²) in [6.07, 6.45) is 0. The van der Waals surface area contributed by atoms with Crippen LogP contribution in [0.15, 0.2) is 70.9 Å². The molecule has 148 valence electrons. The van der Waals surface area contributed by atoms with Crippen molar-refractivity contribution in [1.29, 1.82) is 0 Å². The number of rotatable bonds is 4. The summed E-state index contributed by atoms with van der Waals surface area (Å²) in [6, 6.07) is 13.6. The van der Waals surface area contributed by atoms with Gasteiger partial charge in [-0.25, -0.2) is 4.90 Å². The number of nitro groups is 1. The molecule has 3 aromatic carbocycles. The lowest BCUT2D eigenvalue weighted by Crippen LogP contribution is -2.29. The Bertz CT molecular complexity index is 1220. The topological polar surface area (TPSA) is 146 Å². The molecule has 10 heteroatoms. The Hall–Kier alpha value is -4.60. The largest absolute Gasteiger partial charge is 0.506 e. The van der Waals surface area contributed by atoms with Gasteiger partial charge in [0.05, 0.1) is 27.8 Å². The summed E-state index contributed by atoms with van der Waals surface area (Å²) in [5.41, 5.74) is 0.278. The summed E-state index contributed by atoms with van der Waals surface area (Å²) < 4.78 is 0. The number of azo groups is 1. The van der Waals surface area contributed by atoms with Gasteiger partial charge in [0.25, 0.3) is 17.5 Å². The van der Waals surface area contributed by atoms with E-state index in [0.29, 0.717) is 0 Å². The van der Waals surface area contributed by atoms with Crippen LogP contribution in [0.4, 0.5) is 22.7 Å². The summed E-state index contributed by atoms with van der Waals surface area (Å²) in [6.45, 7) is 0. The van der Waals surface area contributed by atoms with Gasteiger partial charge in [0.1, 0.15) is 22.9 Å². The highest BCUT2D eigenvalue weighted by atomic mass is 16.6. The molecule has 0 radical (unpaired) electrons. The van der Waals surface area contributed by atoms with Crippen LogP contribution in [0, 0.1) is 10.1 Å². The first-order chi connectivity index (χ1) is 14.4. The van der Waals surface area contributed by atoms with Crippen molar-refractivity contribution < 1.29 is 24.7 Å². The summed E-state index contributed by atoms with van der Waals surface area (Å²) >= 11 is 0. The first-order valence-corrected chi connectivity index (χ1v) is 8.57. The summed E-state index contributed by atoms with van der Waals surface area (Å²) in [7, 11) is 0. The molecule has 0 aliphatic carbocycles. The van der Waals surface area contributed by atoms with Crippen LogP contribution < -0.4 is 4.90 Å². The van der Waals surface area contributed by atoms with E-state index >= 15 is 0 Å². The van der Waals surface area contributed by atoms with Crippen molar-refractivity contribution in [1.82, 2.24) is 0 Å². The SMILES string of the molecule is O=C1c2ccccc2C(=O)N1c1ccc(O)c(N=Nc2ccc([N+](=O)[O-])cc2O)c1. The third-order valence-corrected chi connectivity index (χ3v) is 4.45. The van der Waals surface area contributed by atoms with Crippen LogP contribution >= 0.6 is 0 Å². The minimum absolute atomic E-state index is 0.0638. The zero-order chi connectivity index (χ0) is 21.4. The Morgan fingerprint density at radius 2 is 1.43 bits per heavy atom. The number of phenolic OH excluding ortho intramolecular Hbond substituents is 2. The first kappa shape index (κ1) is 18.7. The number of fused-ring (bicyclic) bond motifs is 1. The molecule has 30 heavy (non-hydrogen) atoms. The quantitative estimate of drug-likeness (QED) is 0.288. The molecule has 1 heterocycles. The van der Waals surface area contributed by atoms with Crippen molar-refractivity contribution in [3.05, 3.63) is 81.9 Å². The number of carbonyl (C=O) groups is 2. The van der Waals surface area contributed by atoms with Gasteiger partial charge >= 0.3 is 0 Å². The van der Waals surface area contributed by atoms with Gasteiger partial charge in [-0.1, -0.05) is 12.1 Å². The second kappa shape index (κ2) is 7.09. The fourth-order valence-electron chi connectivity index (χ4n) is 2.97. The van der Waals surface area contributed by atoms with Gasteiger partial charge in [0.2, 0.25) is 0 Å². The molecule has 0 atom stereocenters. The maximum Gasteiger partial charge on any atom is 0.273 e. The molecule has 0 saturated carbocycles.